The molecule has 5 rings (SSSR count). The van der Waals surface area contributed by atoms with Crippen LogP contribution < -0.4 is 10.2 Å². The molecular weight excluding hydrogens is 342 g/mol. The van der Waals surface area contributed by atoms with E-state index in [1.807, 2.05) is 0 Å². The van der Waals surface area contributed by atoms with E-state index in [0.29, 0.717) is 6.61 Å². The molecule has 1 aromatic carbocycles. The van der Waals surface area contributed by atoms with Crippen LogP contribution in [0.15, 0.2) is 46.7 Å². The van der Waals surface area contributed by atoms with Crippen LogP contribution in [0.2, 0.25) is 0 Å². The first kappa shape index (κ1) is 16.8. The van der Waals surface area contributed by atoms with E-state index in [2.05, 4.69) is 56.2 Å². The minimum atomic E-state index is -0.0881. The van der Waals surface area contributed by atoms with Crippen LogP contribution >= 0.6 is 0 Å². The van der Waals surface area contributed by atoms with Crippen molar-refractivity contribution in [3.05, 3.63) is 41.7 Å². The fraction of sp³-hybridized carbons (Fsp3) is 0.500. The maximum absolute atomic E-state index is 5.56. The zero-order chi connectivity index (χ0) is 18.1. The lowest BCUT2D eigenvalue weighted by Crippen LogP contribution is -2.51. The van der Waals surface area contributed by atoms with Crippen LogP contribution in [0.5, 0.6) is 0 Å². The molecule has 0 amide bonds. The molecule has 4 heterocycles. The zero-order valence-electron chi connectivity index (χ0n) is 15.5. The third kappa shape index (κ3) is 3.21. The highest BCUT2D eigenvalue weighted by Gasteiger charge is 2.38. The summed E-state index contributed by atoms with van der Waals surface area (Å²) >= 11 is 0. The zero-order valence-corrected chi connectivity index (χ0v) is 15.5. The molecule has 0 radical (unpaired) electrons. The Labute approximate surface area is 159 Å². The summed E-state index contributed by atoms with van der Waals surface area (Å²) in [5, 5.41) is 3.70. The van der Waals surface area contributed by atoms with Gasteiger partial charge in [0.1, 0.15) is 24.9 Å². The number of anilines is 1. The fourth-order valence-electron chi connectivity index (χ4n) is 4.13. The van der Waals surface area contributed by atoms with Gasteiger partial charge in [0, 0.05) is 30.9 Å². The molecule has 1 atom stereocenters. The second-order valence-corrected chi connectivity index (χ2v) is 7.13. The van der Waals surface area contributed by atoms with E-state index >= 15 is 0 Å². The van der Waals surface area contributed by atoms with Crippen molar-refractivity contribution in [3.63, 3.8) is 0 Å². The molecule has 0 saturated carbocycles. The Morgan fingerprint density at radius 2 is 1.89 bits per heavy atom. The summed E-state index contributed by atoms with van der Waals surface area (Å²) in [6.45, 7) is 6.56. The molecule has 1 unspecified atom stereocenters. The molecule has 0 bridgehead atoms. The van der Waals surface area contributed by atoms with Gasteiger partial charge in [-0.25, -0.2) is 0 Å². The molecule has 1 aromatic rings. The lowest BCUT2D eigenvalue weighted by molar-refractivity contribution is -0.575. The normalized spacial score (nSPS) is 25.7. The molecule has 27 heavy (non-hydrogen) atoms. The number of morpholine rings is 1. The van der Waals surface area contributed by atoms with Gasteiger partial charge in [-0.15, -0.1) is 0 Å². The average molecular weight is 368 g/mol. The van der Waals surface area contributed by atoms with E-state index < -0.39 is 0 Å². The first-order chi connectivity index (χ1) is 13.4. The van der Waals surface area contributed by atoms with Crippen molar-refractivity contribution in [1.29, 1.82) is 0 Å². The molecule has 4 aliphatic heterocycles. The van der Waals surface area contributed by atoms with Crippen molar-refractivity contribution in [2.75, 3.05) is 57.5 Å². The summed E-state index contributed by atoms with van der Waals surface area (Å²) in [5.41, 5.74) is 2.55. The van der Waals surface area contributed by atoms with E-state index in [1.165, 1.54) is 17.1 Å². The summed E-state index contributed by atoms with van der Waals surface area (Å²) in [4.78, 5) is 9.91. The number of aliphatic imine (C=N–C) groups is 1. The Balaban J connectivity index is 1.51. The number of para-hydroxylation sites is 1. The van der Waals surface area contributed by atoms with Gasteiger partial charge in [-0.3, -0.25) is 5.32 Å². The quantitative estimate of drug-likeness (QED) is 0.784. The van der Waals surface area contributed by atoms with Crippen LogP contribution in [0.4, 0.5) is 5.69 Å². The van der Waals surface area contributed by atoms with Gasteiger partial charge in [0.05, 0.1) is 13.2 Å². The van der Waals surface area contributed by atoms with Gasteiger partial charge in [-0.2, -0.15) is 9.57 Å². The monoisotopic (exact) mass is 368 g/mol. The van der Waals surface area contributed by atoms with E-state index in [-0.39, 0.29) is 6.29 Å². The predicted octanol–water partition coefficient (Wildman–Crippen LogP) is 0.839. The summed E-state index contributed by atoms with van der Waals surface area (Å²) in [6, 6.07) is 10.6. The van der Waals surface area contributed by atoms with E-state index in [9.17, 15) is 0 Å². The topological polar surface area (TPSA) is 52.3 Å². The van der Waals surface area contributed by atoms with E-state index in [0.717, 1.165) is 58.3 Å². The van der Waals surface area contributed by atoms with Crippen molar-refractivity contribution >= 4 is 17.7 Å². The lowest BCUT2D eigenvalue weighted by atomic mass is 10.1. The largest absolute Gasteiger partial charge is 0.378 e. The maximum Gasteiger partial charge on any atom is 0.329 e. The molecule has 4 aliphatic rings. The fourth-order valence-corrected chi connectivity index (χ4v) is 4.13. The molecule has 1 saturated heterocycles. The Morgan fingerprint density at radius 3 is 2.67 bits per heavy atom. The van der Waals surface area contributed by atoms with Crippen LogP contribution in [-0.4, -0.2) is 80.4 Å². The second-order valence-electron chi connectivity index (χ2n) is 7.13. The van der Waals surface area contributed by atoms with Crippen molar-refractivity contribution in [2.24, 2.45) is 4.99 Å². The number of rotatable bonds is 2. The summed E-state index contributed by atoms with van der Waals surface area (Å²) in [7, 11) is 0. The van der Waals surface area contributed by atoms with E-state index in [1.54, 1.807) is 0 Å². The predicted molar refractivity (Wildman–Crippen MR) is 104 cm³/mol. The first-order valence-electron chi connectivity index (χ1n) is 9.80. The molecule has 1 N–H and O–H groups in total. The number of amidine groups is 1. The summed E-state index contributed by atoms with van der Waals surface area (Å²) in [5.74, 6) is 2.33. The highest BCUT2D eigenvalue weighted by Crippen LogP contribution is 2.32. The van der Waals surface area contributed by atoms with Crippen LogP contribution in [0.3, 0.4) is 0 Å². The van der Waals surface area contributed by atoms with Crippen molar-refractivity contribution < 1.29 is 14.0 Å². The minimum Gasteiger partial charge on any atom is -0.378 e. The highest BCUT2D eigenvalue weighted by molar-refractivity contribution is 6.01. The molecule has 0 aliphatic carbocycles. The Morgan fingerprint density at radius 1 is 1.04 bits per heavy atom. The van der Waals surface area contributed by atoms with Crippen molar-refractivity contribution in [2.45, 2.75) is 12.7 Å². The van der Waals surface area contributed by atoms with Gasteiger partial charge in [-0.1, -0.05) is 18.2 Å². The molecule has 7 nitrogen and oxygen atoms in total. The summed E-state index contributed by atoms with van der Waals surface area (Å²) in [6.07, 6.45) is 3.02. The standard InChI is InChI=1S/C20H26N5O2/c1-2-4-16(5-3-1)25-7-6-17-18(23-8-12-26-13-9-23)21-20(22-19(17)25)24-10-14-27-15-11-24/h1-5,10,20,22H,6-9,11-15H2/q+1. The number of ether oxygens (including phenoxy) is 2. The molecule has 0 spiro atoms. The van der Waals surface area contributed by atoms with Gasteiger partial charge in [0.25, 0.3) is 0 Å². The van der Waals surface area contributed by atoms with E-state index in [4.69, 9.17) is 14.5 Å². The van der Waals surface area contributed by atoms with Crippen LogP contribution in [-0.2, 0) is 9.47 Å². The molecule has 1 fully saturated rings. The minimum absolute atomic E-state index is 0.0881. The smallest absolute Gasteiger partial charge is 0.329 e. The van der Waals surface area contributed by atoms with Gasteiger partial charge in [-0.05, 0) is 18.6 Å². The van der Waals surface area contributed by atoms with Crippen LogP contribution in [0.1, 0.15) is 6.42 Å². The van der Waals surface area contributed by atoms with Crippen molar-refractivity contribution in [3.8, 4) is 0 Å². The molecular formula is C20H26N5O2+. The Bertz CT molecular complexity index is 783. The van der Waals surface area contributed by atoms with Crippen LogP contribution in [0.25, 0.3) is 0 Å². The van der Waals surface area contributed by atoms with Gasteiger partial charge in [0.15, 0.2) is 12.8 Å². The second kappa shape index (κ2) is 7.32. The number of hydrogen-bond donors (Lipinski definition) is 1. The third-order valence-electron chi connectivity index (χ3n) is 5.53. The number of benzene rings is 1. The maximum atomic E-state index is 5.56. The SMILES string of the molecule is C1=[N+](C2N=C(N3CCOCC3)C3=C(N2)N(c2ccccc2)CC3)CCOC1. The number of nitrogens with one attached hydrogen (secondary N) is 1. The van der Waals surface area contributed by atoms with Gasteiger partial charge >= 0.3 is 6.29 Å². The number of nitrogens with zero attached hydrogens (tertiary/aromatic N) is 4. The van der Waals surface area contributed by atoms with Crippen molar-refractivity contribution in [1.82, 2.24) is 10.2 Å². The lowest BCUT2D eigenvalue weighted by Gasteiger charge is -2.34. The van der Waals surface area contributed by atoms with Crippen LogP contribution in [0, 0.1) is 0 Å². The summed E-state index contributed by atoms with van der Waals surface area (Å²) < 4.78 is 13.3. The number of hydrogen-bond acceptors (Lipinski definition) is 6. The third-order valence-corrected chi connectivity index (χ3v) is 5.53. The Kier molecular flexibility index (Phi) is 4.55. The molecule has 7 heteroatoms. The average Bonchev–Trinajstić information content (AvgIpc) is 3.19. The highest BCUT2D eigenvalue weighted by atomic mass is 16.5. The van der Waals surface area contributed by atoms with Gasteiger partial charge in [0.2, 0.25) is 0 Å². The Hall–Kier alpha value is -2.38. The first-order valence-corrected chi connectivity index (χ1v) is 9.80. The molecule has 142 valence electrons. The molecule has 0 aromatic heterocycles. The van der Waals surface area contributed by atoms with Gasteiger partial charge < -0.3 is 19.3 Å².